The van der Waals surface area contributed by atoms with Crippen LogP contribution in [0, 0.1) is 25.2 Å². The lowest BCUT2D eigenvalue weighted by molar-refractivity contribution is -0.153. The lowest BCUT2D eigenvalue weighted by atomic mass is 10.2. The van der Waals surface area contributed by atoms with Crippen LogP contribution in [0.1, 0.15) is 22.9 Å². The van der Waals surface area contributed by atoms with E-state index in [4.69, 9.17) is 10.00 Å². The van der Waals surface area contributed by atoms with Crippen LogP contribution in [0.5, 0.6) is 0 Å². The number of hydrogen-bond donors (Lipinski definition) is 1. The second-order valence-corrected chi connectivity index (χ2v) is 7.66. The van der Waals surface area contributed by atoms with E-state index in [0.29, 0.717) is 21.5 Å². The first kappa shape index (κ1) is 20.2. The maximum atomic E-state index is 12.6. The van der Waals surface area contributed by atoms with Crippen molar-refractivity contribution in [1.82, 2.24) is 9.55 Å². The maximum absolute atomic E-state index is 12.6. The molecule has 0 aliphatic rings. The standard InChI is InChI=1S/C20H18N4O4S/c1-11-13(3)29-19-17(11)20(27)24(10-22-19)9-16(25)28-12(2)18(26)23-15-6-4-5-14(7-15)8-21/h4-7,10,12H,9H2,1-3H3,(H,23,26)/t12-/m1/s1. The number of carbonyl (C=O) groups excluding carboxylic acids is 2. The van der Waals surface area contributed by atoms with Crippen molar-refractivity contribution in [2.45, 2.75) is 33.4 Å². The summed E-state index contributed by atoms with van der Waals surface area (Å²) in [5, 5.41) is 12.0. The molecule has 0 bridgehead atoms. The summed E-state index contributed by atoms with van der Waals surface area (Å²) in [5.74, 6) is -1.27. The van der Waals surface area contributed by atoms with Crippen LogP contribution in [0.15, 0.2) is 35.4 Å². The average molecular weight is 410 g/mol. The SMILES string of the molecule is Cc1sc2ncn(CC(=O)O[C@H](C)C(=O)Nc3cccc(C#N)c3)c(=O)c2c1C. The summed E-state index contributed by atoms with van der Waals surface area (Å²) in [5.41, 5.74) is 1.34. The van der Waals surface area contributed by atoms with Crippen molar-refractivity contribution in [2.24, 2.45) is 0 Å². The molecule has 8 nitrogen and oxygen atoms in total. The van der Waals surface area contributed by atoms with Gasteiger partial charge in [0.05, 0.1) is 23.3 Å². The number of ether oxygens (including phenoxy) is 1. The second-order valence-electron chi connectivity index (χ2n) is 6.45. The summed E-state index contributed by atoms with van der Waals surface area (Å²) in [7, 11) is 0. The number of rotatable bonds is 5. The lowest BCUT2D eigenvalue weighted by Gasteiger charge is -2.14. The van der Waals surface area contributed by atoms with Crippen LogP contribution < -0.4 is 10.9 Å². The van der Waals surface area contributed by atoms with Crippen LogP contribution in [0.4, 0.5) is 5.69 Å². The van der Waals surface area contributed by atoms with E-state index in [1.54, 1.807) is 18.2 Å². The number of aryl methyl sites for hydroxylation is 2. The Kier molecular flexibility index (Phi) is 5.75. The molecule has 3 rings (SSSR count). The molecular formula is C20H18N4O4S. The highest BCUT2D eigenvalue weighted by Crippen LogP contribution is 2.25. The van der Waals surface area contributed by atoms with E-state index in [0.717, 1.165) is 10.4 Å². The molecule has 0 saturated heterocycles. The molecule has 2 aromatic heterocycles. The molecule has 2 heterocycles. The fraction of sp³-hybridized carbons (Fsp3) is 0.250. The number of fused-ring (bicyclic) bond motifs is 1. The Balaban J connectivity index is 1.67. The molecule has 1 aromatic carbocycles. The summed E-state index contributed by atoms with van der Waals surface area (Å²) in [6.45, 7) is 4.83. The number of nitrogens with one attached hydrogen (secondary N) is 1. The van der Waals surface area contributed by atoms with Crippen molar-refractivity contribution >= 4 is 39.1 Å². The quantitative estimate of drug-likeness (QED) is 0.647. The number of hydrogen-bond acceptors (Lipinski definition) is 7. The van der Waals surface area contributed by atoms with E-state index in [-0.39, 0.29) is 12.1 Å². The van der Waals surface area contributed by atoms with Crippen LogP contribution in [-0.2, 0) is 20.9 Å². The lowest BCUT2D eigenvalue weighted by Crippen LogP contribution is -2.33. The van der Waals surface area contributed by atoms with E-state index in [2.05, 4.69) is 10.3 Å². The number of carbonyl (C=O) groups is 2. The van der Waals surface area contributed by atoms with Gasteiger partial charge in [0.25, 0.3) is 11.5 Å². The number of esters is 1. The van der Waals surface area contributed by atoms with Gasteiger partial charge in [-0.15, -0.1) is 11.3 Å². The Morgan fingerprint density at radius 3 is 2.86 bits per heavy atom. The molecule has 3 aromatic rings. The van der Waals surface area contributed by atoms with Gasteiger partial charge in [0.15, 0.2) is 6.10 Å². The largest absolute Gasteiger partial charge is 0.451 e. The van der Waals surface area contributed by atoms with Crippen LogP contribution in [0.25, 0.3) is 10.2 Å². The highest BCUT2D eigenvalue weighted by atomic mass is 32.1. The molecule has 1 amide bonds. The van der Waals surface area contributed by atoms with Crippen molar-refractivity contribution in [1.29, 1.82) is 5.26 Å². The van der Waals surface area contributed by atoms with E-state index < -0.39 is 18.0 Å². The minimum absolute atomic E-state index is 0.320. The third-order valence-electron chi connectivity index (χ3n) is 4.39. The second kappa shape index (κ2) is 8.24. The first-order chi connectivity index (χ1) is 13.8. The summed E-state index contributed by atoms with van der Waals surface area (Å²) in [6, 6.07) is 8.36. The average Bonchev–Trinajstić information content (AvgIpc) is 2.98. The molecule has 148 valence electrons. The molecule has 29 heavy (non-hydrogen) atoms. The van der Waals surface area contributed by atoms with Gasteiger partial charge in [0.2, 0.25) is 0 Å². The van der Waals surface area contributed by atoms with Gasteiger partial charge in [-0.1, -0.05) is 6.07 Å². The highest BCUT2D eigenvalue weighted by molar-refractivity contribution is 7.18. The molecule has 0 radical (unpaired) electrons. The van der Waals surface area contributed by atoms with E-state index in [1.807, 2.05) is 19.9 Å². The molecule has 9 heteroatoms. The van der Waals surface area contributed by atoms with Crippen molar-refractivity contribution in [3.05, 3.63) is 57.0 Å². The molecule has 0 fully saturated rings. The van der Waals surface area contributed by atoms with Crippen molar-refractivity contribution in [2.75, 3.05) is 5.32 Å². The van der Waals surface area contributed by atoms with Crippen LogP contribution >= 0.6 is 11.3 Å². The number of benzene rings is 1. The van der Waals surface area contributed by atoms with E-state index in [9.17, 15) is 14.4 Å². The third kappa shape index (κ3) is 4.33. The molecule has 0 saturated carbocycles. The predicted octanol–water partition coefficient (Wildman–Crippen LogP) is 2.52. The Hall–Kier alpha value is -3.51. The van der Waals surface area contributed by atoms with Gasteiger partial charge in [-0.25, -0.2) is 4.98 Å². The smallest absolute Gasteiger partial charge is 0.326 e. The van der Waals surface area contributed by atoms with Gasteiger partial charge < -0.3 is 10.1 Å². The van der Waals surface area contributed by atoms with Gasteiger partial charge in [-0.3, -0.25) is 19.0 Å². The van der Waals surface area contributed by atoms with Gasteiger partial charge in [-0.2, -0.15) is 5.26 Å². The Labute approximate surface area is 170 Å². The first-order valence-electron chi connectivity index (χ1n) is 8.75. The van der Waals surface area contributed by atoms with Crippen LogP contribution in [-0.4, -0.2) is 27.5 Å². The van der Waals surface area contributed by atoms with Gasteiger partial charge in [0.1, 0.15) is 11.4 Å². The molecule has 0 spiro atoms. The summed E-state index contributed by atoms with van der Waals surface area (Å²) < 4.78 is 6.32. The predicted molar refractivity (Wildman–Crippen MR) is 109 cm³/mol. The van der Waals surface area contributed by atoms with Crippen LogP contribution in [0.3, 0.4) is 0 Å². The monoisotopic (exact) mass is 410 g/mol. The van der Waals surface area contributed by atoms with Gasteiger partial charge in [-0.05, 0) is 44.5 Å². The van der Waals surface area contributed by atoms with Crippen molar-refractivity contribution in [3.63, 3.8) is 0 Å². The minimum atomic E-state index is -1.08. The zero-order chi connectivity index (χ0) is 21.1. The van der Waals surface area contributed by atoms with Crippen LogP contribution in [0.2, 0.25) is 0 Å². The number of amides is 1. The molecular weight excluding hydrogens is 392 g/mol. The Morgan fingerprint density at radius 2 is 2.14 bits per heavy atom. The number of aromatic nitrogens is 2. The van der Waals surface area contributed by atoms with Gasteiger partial charge >= 0.3 is 5.97 Å². The minimum Gasteiger partial charge on any atom is -0.451 e. The third-order valence-corrected chi connectivity index (χ3v) is 5.51. The Morgan fingerprint density at radius 1 is 1.38 bits per heavy atom. The summed E-state index contributed by atoms with van der Waals surface area (Å²) >= 11 is 1.42. The topological polar surface area (TPSA) is 114 Å². The highest BCUT2D eigenvalue weighted by Gasteiger charge is 2.20. The van der Waals surface area contributed by atoms with Gasteiger partial charge in [0, 0.05) is 10.6 Å². The number of thiophene rings is 1. The number of nitriles is 1. The fourth-order valence-corrected chi connectivity index (χ4v) is 3.71. The molecule has 0 aliphatic heterocycles. The molecule has 1 atom stereocenters. The summed E-state index contributed by atoms with van der Waals surface area (Å²) in [4.78, 5) is 43.0. The zero-order valence-corrected chi connectivity index (χ0v) is 16.9. The van der Waals surface area contributed by atoms with Crippen molar-refractivity contribution in [3.8, 4) is 6.07 Å². The fourth-order valence-electron chi connectivity index (χ4n) is 2.72. The molecule has 1 N–H and O–H groups in total. The normalized spacial score (nSPS) is 11.7. The maximum Gasteiger partial charge on any atom is 0.326 e. The Bertz CT molecular complexity index is 1210. The van der Waals surface area contributed by atoms with Crippen molar-refractivity contribution < 1.29 is 14.3 Å². The summed E-state index contributed by atoms with van der Waals surface area (Å²) in [6.07, 6.45) is 0.227. The van der Waals surface area contributed by atoms with E-state index >= 15 is 0 Å². The molecule has 0 unspecified atom stereocenters. The zero-order valence-electron chi connectivity index (χ0n) is 16.1. The first-order valence-corrected chi connectivity index (χ1v) is 9.57. The molecule has 0 aliphatic carbocycles. The number of anilines is 1. The van der Waals surface area contributed by atoms with E-state index in [1.165, 1.54) is 35.2 Å². The number of nitrogens with zero attached hydrogens (tertiary/aromatic N) is 3.